The highest BCUT2D eigenvalue weighted by molar-refractivity contribution is 5.89. The van der Waals surface area contributed by atoms with Crippen LogP contribution in [0.5, 0.6) is 0 Å². The summed E-state index contributed by atoms with van der Waals surface area (Å²) in [6.07, 6.45) is -0.454. The van der Waals surface area contributed by atoms with Crippen LogP contribution in [0.15, 0.2) is 0 Å². The zero-order chi connectivity index (χ0) is 19.5. The molecule has 25 heavy (non-hydrogen) atoms. The van der Waals surface area contributed by atoms with Crippen molar-refractivity contribution in [2.24, 2.45) is 0 Å². The van der Waals surface area contributed by atoms with Gasteiger partial charge in [0, 0.05) is 19.5 Å². The van der Waals surface area contributed by atoms with Gasteiger partial charge in [0.05, 0.1) is 0 Å². The second-order valence-electron chi connectivity index (χ2n) is 6.36. The number of likely N-dealkylation sites (N-methyl/N-ethyl adjacent to an activating group) is 1. The average Bonchev–Trinajstić information content (AvgIpc) is 2.48. The van der Waals surface area contributed by atoms with Crippen LogP contribution in [0.25, 0.3) is 0 Å². The lowest BCUT2D eigenvalue weighted by atomic mass is 10.1. The molecular formula is C16H30N4O5. The van der Waals surface area contributed by atoms with Gasteiger partial charge in [-0.1, -0.05) is 0 Å². The van der Waals surface area contributed by atoms with Crippen molar-refractivity contribution in [1.82, 2.24) is 21.3 Å². The molecule has 0 aromatic carbocycles. The summed E-state index contributed by atoms with van der Waals surface area (Å²) in [5.41, 5.74) is -0.670. The van der Waals surface area contributed by atoms with Crippen molar-refractivity contribution in [3.63, 3.8) is 0 Å². The molecule has 0 aliphatic rings. The van der Waals surface area contributed by atoms with Gasteiger partial charge in [0.15, 0.2) is 0 Å². The van der Waals surface area contributed by atoms with Crippen LogP contribution in [0.1, 0.15) is 47.5 Å². The van der Waals surface area contributed by atoms with Gasteiger partial charge in [-0.3, -0.25) is 14.4 Å². The zero-order valence-electron chi connectivity index (χ0n) is 15.7. The van der Waals surface area contributed by atoms with Crippen molar-refractivity contribution >= 4 is 23.8 Å². The molecule has 0 bridgehead atoms. The van der Waals surface area contributed by atoms with Gasteiger partial charge in [0.1, 0.15) is 18.2 Å². The predicted molar refractivity (Wildman–Crippen MR) is 92.8 cm³/mol. The number of hydrogen-bond donors (Lipinski definition) is 4. The van der Waals surface area contributed by atoms with Crippen LogP contribution in [-0.2, 0) is 19.1 Å². The fourth-order valence-corrected chi connectivity index (χ4v) is 1.84. The molecule has 0 radical (unpaired) electrons. The van der Waals surface area contributed by atoms with E-state index in [1.807, 2.05) is 0 Å². The van der Waals surface area contributed by atoms with Crippen LogP contribution in [0.4, 0.5) is 4.79 Å². The molecule has 0 saturated heterocycles. The van der Waals surface area contributed by atoms with Gasteiger partial charge in [0.2, 0.25) is 17.7 Å². The topological polar surface area (TPSA) is 126 Å². The Labute approximate surface area is 148 Å². The second-order valence-corrected chi connectivity index (χ2v) is 6.36. The number of carbonyl (C=O) groups is 4. The molecular weight excluding hydrogens is 328 g/mol. The molecule has 0 aliphatic heterocycles. The quantitative estimate of drug-likeness (QED) is 0.463. The molecule has 0 spiro atoms. The van der Waals surface area contributed by atoms with E-state index in [9.17, 15) is 19.2 Å². The predicted octanol–water partition coefficient (Wildman–Crippen LogP) is 0.0483. The Bertz CT molecular complexity index is 474. The molecule has 9 nitrogen and oxygen atoms in total. The molecule has 0 fully saturated rings. The molecule has 0 aromatic heterocycles. The lowest BCUT2D eigenvalue weighted by Crippen LogP contribution is -2.50. The lowest BCUT2D eigenvalue weighted by Gasteiger charge is -2.20. The molecule has 0 rings (SSSR count). The molecule has 0 aromatic rings. The van der Waals surface area contributed by atoms with Crippen molar-refractivity contribution in [3.05, 3.63) is 0 Å². The van der Waals surface area contributed by atoms with Gasteiger partial charge in [0.25, 0.3) is 0 Å². The standard InChI is InChI=1S/C16H30N4O5/c1-6-17-12(21)9-8-11(14(23)18-7-2)20-13(22)10-19-15(24)25-16(3,4)5/h11H,6-10H2,1-5H3,(H,17,21)(H,18,23)(H,19,24)(H,20,22). The highest BCUT2D eigenvalue weighted by atomic mass is 16.6. The number of hydrogen-bond acceptors (Lipinski definition) is 5. The summed E-state index contributed by atoms with van der Waals surface area (Å²) < 4.78 is 5.02. The second kappa shape index (κ2) is 11.3. The van der Waals surface area contributed by atoms with Crippen LogP contribution in [-0.4, -0.2) is 55.1 Å². The first kappa shape index (κ1) is 22.7. The molecule has 0 saturated carbocycles. The fraction of sp³-hybridized carbons (Fsp3) is 0.750. The third-order valence-corrected chi connectivity index (χ3v) is 2.83. The van der Waals surface area contributed by atoms with Gasteiger partial charge in [-0.15, -0.1) is 0 Å². The Morgan fingerprint density at radius 2 is 1.52 bits per heavy atom. The van der Waals surface area contributed by atoms with Crippen molar-refractivity contribution in [1.29, 1.82) is 0 Å². The van der Waals surface area contributed by atoms with Gasteiger partial charge in [-0.2, -0.15) is 0 Å². The van der Waals surface area contributed by atoms with Crippen LogP contribution >= 0.6 is 0 Å². The van der Waals surface area contributed by atoms with E-state index in [4.69, 9.17) is 4.74 Å². The minimum Gasteiger partial charge on any atom is -0.444 e. The Balaban J connectivity index is 4.51. The molecule has 4 amide bonds. The highest BCUT2D eigenvalue weighted by Gasteiger charge is 2.22. The summed E-state index contributed by atoms with van der Waals surface area (Å²) in [5, 5.41) is 10.1. The lowest BCUT2D eigenvalue weighted by molar-refractivity contribution is -0.129. The van der Waals surface area contributed by atoms with E-state index in [2.05, 4.69) is 21.3 Å². The highest BCUT2D eigenvalue weighted by Crippen LogP contribution is 2.06. The van der Waals surface area contributed by atoms with Crippen molar-refractivity contribution in [3.8, 4) is 0 Å². The van der Waals surface area contributed by atoms with E-state index >= 15 is 0 Å². The number of amides is 4. The zero-order valence-corrected chi connectivity index (χ0v) is 15.7. The van der Waals surface area contributed by atoms with Crippen molar-refractivity contribution in [2.45, 2.75) is 59.1 Å². The van der Waals surface area contributed by atoms with Gasteiger partial charge < -0.3 is 26.0 Å². The first-order valence-corrected chi connectivity index (χ1v) is 8.39. The van der Waals surface area contributed by atoms with Gasteiger partial charge >= 0.3 is 6.09 Å². The summed E-state index contributed by atoms with van der Waals surface area (Å²) >= 11 is 0. The Morgan fingerprint density at radius 1 is 0.920 bits per heavy atom. The summed E-state index contributed by atoms with van der Waals surface area (Å²) in [6, 6.07) is -0.851. The SMILES string of the molecule is CCNC(=O)CCC(NC(=O)CNC(=O)OC(C)(C)C)C(=O)NCC. The number of nitrogens with one attached hydrogen (secondary N) is 4. The summed E-state index contributed by atoms with van der Waals surface area (Å²) in [6.45, 7) is 9.25. The molecule has 0 heterocycles. The third kappa shape index (κ3) is 11.8. The van der Waals surface area contributed by atoms with Crippen LogP contribution in [0, 0.1) is 0 Å². The maximum Gasteiger partial charge on any atom is 0.408 e. The van der Waals surface area contributed by atoms with Crippen molar-refractivity contribution in [2.75, 3.05) is 19.6 Å². The first-order valence-electron chi connectivity index (χ1n) is 8.39. The molecule has 4 N–H and O–H groups in total. The van der Waals surface area contributed by atoms with Crippen molar-refractivity contribution < 1.29 is 23.9 Å². The smallest absolute Gasteiger partial charge is 0.408 e. The molecule has 1 atom stereocenters. The van der Waals surface area contributed by atoms with Gasteiger partial charge in [-0.05, 0) is 41.0 Å². The summed E-state index contributed by atoms with van der Waals surface area (Å²) in [5.74, 6) is -1.12. The summed E-state index contributed by atoms with van der Waals surface area (Å²) in [4.78, 5) is 47.0. The molecule has 1 unspecified atom stereocenters. The largest absolute Gasteiger partial charge is 0.444 e. The monoisotopic (exact) mass is 358 g/mol. The summed E-state index contributed by atoms with van der Waals surface area (Å²) in [7, 11) is 0. The van der Waals surface area contributed by atoms with Gasteiger partial charge in [-0.25, -0.2) is 4.79 Å². The Kier molecular flexibility index (Phi) is 10.2. The molecule has 9 heteroatoms. The Morgan fingerprint density at radius 3 is 2.04 bits per heavy atom. The molecule has 0 aliphatic carbocycles. The average molecular weight is 358 g/mol. The van der Waals surface area contributed by atoms with E-state index < -0.39 is 23.6 Å². The number of rotatable bonds is 9. The maximum atomic E-state index is 12.0. The van der Waals surface area contributed by atoms with E-state index in [0.29, 0.717) is 13.1 Å². The third-order valence-electron chi connectivity index (χ3n) is 2.83. The number of carbonyl (C=O) groups excluding carboxylic acids is 4. The molecule has 144 valence electrons. The van der Waals surface area contributed by atoms with E-state index in [1.165, 1.54) is 0 Å². The normalized spacial score (nSPS) is 11.9. The van der Waals surface area contributed by atoms with E-state index in [0.717, 1.165) is 0 Å². The van der Waals surface area contributed by atoms with E-state index in [-0.39, 0.29) is 31.2 Å². The van der Waals surface area contributed by atoms with E-state index in [1.54, 1.807) is 34.6 Å². The van der Waals surface area contributed by atoms with Crippen LogP contribution in [0.3, 0.4) is 0 Å². The van der Waals surface area contributed by atoms with Crippen LogP contribution < -0.4 is 21.3 Å². The maximum absolute atomic E-state index is 12.0. The minimum absolute atomic E-state index is 0.107. The Hall–Kier alpha value is -2.32. The van der Waals surface area contributed by atoms with Crippen LogP contribution in [0.2, 0.25) is 0 Å². The fourth-order valence-electron chi connectivity index (χ4n) is 1.84. The number of ether oxygens (including phenoxy) is 1. The minimum atomic E-state index is -0.851. The first-order chi connectivity index (χ1) is 11.6. The number of alkyl carbamates (subject to hydrolysis) is 1.